The van der Waals surface area contributed by atoms with Gasteiger partial charge in [0.1, 0.15) is 0 Å². The topological polar surface area (TPSA) is 26.2 Å². The standard InChI is InChI=1S/C15H19F3N2O/c1-11(2)19-10-12-3-4-14-13(9-12)5-6-20(14)7-8-21-15(16,17)18/h3-6,9,11,19H,7-8,10H2,1-2H3. The van der Waals surface area contributed by atoms with E-state index in [2.05, 4.69) is 23.9 Å². The van der Waals surface area contributed by atoms with Crippen molar-refractivity contribution in [3.05, 3.63) is 36.0 Å². The minimum atomic E-state index is -4.57. The normalized spacial score (nSPS) is 12.5. The first-order chi connectivity index (χ1) is 9.85. The molecule has 21 heavy (non-hydrogen) atoms. The van der Waals surface area contributed by atoms with E-state index in [0.717, 1.165) is 23.0 Å². The molecule has 0 fully saturated rings. The maximum atomic E-state index is 12.0. The molecule has 0 spiro atoms. The Labute approximate surface area is 121 Å². The van der Waals surface area contributed by atoms with Crippen molar-refractivity contribution in [2.24, 2.45) is 0 Å². The van der Waals surface area contributed by atoms with E-state index in [1.165, 1.54) is 0 Å². The predicted octanol–water partition coefficient (Wildman–Crippen LogP) is 3.68. The molecule has 1 N–H and O–H groups in total. The van der Waals surface area contributed by atoms with Crippen molar-refractivity contribution in [3.63, 3.8) is 0 Å². The van der Waals surface area contributed by atoms with Crippen LogP contribution in [0.1, 0.15) is 19.4 Å². The van der Waals surface area contributed by atoms with Crippen LogP contribution in [0, 0.1) is 0 Å². The SMILES string of the molecule is CC(C)NCc1ccc2c(ccn2CCOC(F)(F)F)c1. The molecule has 0 aliphatic rings. The molecule has 2 rings (SSSR count). The van der Waals surface area contributed by atoms with Crippen molar-refractivity contribution in [1.82, 2.24) is 9.88 Å². The zero-order valence-corrected chi connectivity index (χ0v) is 12.1. The summed E-state index contributed by atoms with van der Waals surface area (Å²) < 4.78 is 41.5. The highest BCUT2D eigenvalue weighted by Crippen LogP contribution is 2.19. The number of hydrogen-bond donors (Lipinski definition) is 1. The minimum absolute atomic E-state index is 0.173. The Morgan fingerprint density at radius 2 is 2.00 bits per heavy atom. The van der Waals surface area contributed by atoms with Gasteiger partial charge in [-0.1, -0.05) is 19.9 Å². The molecule has 0 aliphatic carbocycles. The van der Waals surface area contributed by atoms with Gasteiger partial charge >= 0.3 is 6.36 Å². The first-order valence-electron chi connectivity index (χ1n) is 6.87. The number of halogens is 3. The fourth-order valence-corrected chi connectivity index (χ4v) is 2.14. The maximum absolute atomic E-state index is 12.0. The molecule has 1 aromatic heterocycles. The van der Waals surface area contributed by atoms with Gasteiger partial charge in [0, 0.05) is 30.8 Å². The van der Waals surface area contributed by atoms with E-state index >= 15 is 0 Å². The summed E-state index contributed by atoms with van der Waals surface area (Å²) in [5.41, 5.74) is 2.06. The van der Waals surface area contributed by atoms with E-state index in [9.17, 15) is 13.2 Å². The third-order valence-electron chi connectivity index (χ3n) is 3.15. The molecule has 0 saturated carbocycles. The number of fused-ring (bicyclic) bond motifs is 1. The zero-order valence-electron chi connectivity index (χ0n) is 12.1. The quantitative estimate of drug-likeness (QED) is 0.881. The van der Waals surface area contributed by atoms with Crippen LogP contribution in [0.3, 0.4) is 0 Å². The summed E-state index contributed by atoms with van der Waals surface area (Å²) in [5, 5.41) is 4.35. The van der Waals surface area contributed by atoms with Crippen molar-refractivity contribution in [2.45, 2.75) is 39.3 Å². The van der Waals surface area contributed by atoms with Crippen molar-refractivity contribution < 1.29 is 17.9 Å². The van der Waals surface area contributed by atoms with E-state index in [-0.39, 0.29) is 13.2 Å². The van der Waals surface area contributed by atoms with E-state index < -0.39 is 6.36 Å². The first-order valence-corrected chi connectivity index (χ1v) is 6.87. The number of nitrogens with one attached hydrogen (secondary N) is 1. The first kappa shape index (κ1) is 15.9. The molecule has 0 radical (unpaired) electrons. The van der Waals surface area contributed by atoms with Gasteiger partial charge in [0.2, 0.25) is 0 Å². The van der Waals surface area contributed by atoms with Gasteiger partial charge < -0.3 is 9.88 Å². The van der Waals surface area contributed by atoms with Crippen LogP contribution in [0.15, 0.2) is 30.5 Å². The Bertz CT molecular complexity index is 590. The van der Waals surface area contributed by atoms with Gasteiger partial charge in [0.15, 0.2) is 0 Å². The van der Waals surface area contributed by atoms with Gasteiger partial charge in [0.05, 0.1) is 6.61 Å². The molecule has 0 aliphatic heterocycles. The molecule has 6 heteroatoms. The molecule has 0 saturated heterocycles. The molecule has 0 bridgehead atoms. The van der Waals surface area contributed by atoms with Crippen LogP contribution >= 0.6 is 0 Å². The summed E-state index contributed by atoms with van der Waals surface area (Å²) in [5.74, 6) is 0. The number of benzene rings is 1. The number of nitrogens with zero attached hydrogens (tertiary/aromatic N) is 1. The van der Waals surface area contributed by atoms with Crippen molar-refractivity contribution >= 4 is 10.9 Å². The minimum Gasteiger partial charge on any atom is -0.345 e. The molecule has 116 valence electrons. The summed E-state index contributed by atoms with van der Waals surface area (Å²) >= 11 is 0. The highest BCUT2D eigenvalue weighted by Gasteiger charge is 2.28. The average Bonchev–Trinajstić information content (AvgIpc) is 2.77. The van der Waals surface area contributed by atoms with Gasteiger partial charge in [-0.3, -0.25) is 4.74 Å². The van der Waals surface area contributed by atoms with Crippen LogP contribution in [-0.2, 0) is 17.8 Å². The van der Waals surface area contributed by atoms with Gasteiger partial charge in [-0.15, -0.1) is 13.2 Å². The molecule has 1 heterocycles. The van der Waals surface area contributed by atoms with Crippen LogP contribution in [0.25, 0.3) is 10.9 Å². The summed E-state index contributed by atoms with van der Waals surface area (Å²) in [6, 6.07) is 8.28. The lowest BCUT2D eigenvalue weighted by Crippen LogP contribution is -2.21. The highest BCUT2D eigenvalue weighted by atomic mass is 19.4. The smallest absolute Gasteiger partial charge is 0.345 e. The lowest BCUT2D eigenvalue weighted by molar-refractivity contribution is -0.325. The number of alkyl halides is 3. The maximum Gasteiger partial charge on any atom is 0.522 e. The molecular formula is C15H19F3N2O. The lowest BCUT2D eigenvalue weighted by atomic mass is 10.1. The van der Waals surface area contributed by atoms with Crippen molar-refractivity contribution in [1.29, 1.82) is 0 Å². The molecule has 3 nitrogen and oxygen atoms in total. The average molecular weight is 300 g/mol. The van der Waals surface area contributed by atoms with E-state index in [1.54, 1.807) is 10.8 Å². The summed E-state index contributed by atoms with van der Waals surface area (Å²) in [7, 11) is 0. The Balaban J connectivity index is 2.03. The van der Waals surface area contributed by atoms with E-state index in [0.29, 0.717) is 6.04 Å². The molecule has 1 aromatic carbocycles. The second-order valence-electron chi connectivity index (χ2n) is 5.23. The van der Waals surface area contributed by atoms with Crippen LogP contribution in [-0.4, -0.2) is 23.6 Å². The fraction of sp³-hybridized carbons (Fsp3) is 0.467. The molecule has 2 aromatic rings. The van der Waals surface area contributed by atoms with E-state index in [1.807, 2.05) is 24.3 Å². The number of rotatable bonds is 6. The highest BCUT2D eigenvalue weighted by molar-refractivity contribution is 5.80. The number of aromatic nitrogens is 1. The van der Waals surface area contributed by atoms with Crippen LogP contribution in [0.5, 0.6) is 0 Å². The lowest BCUT2D eigenvalue weighted by Gasteiger charge is -2.10. The van der Waals surface area contributed by atoms with Crippen LogP contribution in [0.2, 0.25) is 0 Å². The zero-order chi connectivity index (χ0) is 15.5. The summed E-state index contributed by atoms with van der Waals surface area (Å²) in [6.07, 6.45) is -2.79. The predicted molar refractivity (Wildman–Crippen MR) is 75.9 cm³/mol. The molecule has 0 atom stereocenters. The van der Waals surface area contributed by atoms with Crippen LogP contribution in [0.4, 0.5) is 13.2 Å². The summed E-state index contributed by atoms with van der Waals surface area (Å²) in [6.45, 7) is 4.72. The Kier molecular flexibility index (Phi) is 4.90. The third-order valence-corrected chi connectivity index (χ3v) is 3.15. The van der Waals surface area contributed by atoms with Gasteiger partial charge in [-0.05, 0) is 29.1 Å². The van der Waals surface area contributed by atoms with Gasteiger partial charge in [-0.25, -0.2) is 0 Å². The number of hydrogen-bond acceptors (Lipinski definition) is 2. The monoisotopic (exact) mass is 300 g/mol. The largest absolute Gasteiger partial charge is 0.522 e. The van der Waals surface area contributed by atoms with Crippen molar-refractivity contribution in [2.75, 3.05) is 6.61 Å². The van der Waals surface area contributed by atoms with Gasteiger partial charge in [0.25, 0.3) is 0 Å². The molecule has 0 unspecified atom stereocenters. The van der Waals surface area contributed by atoms with E-state index in [4.69, 9.17) is 0 Å². The van der Waals surface area contributed by atoms with Crippen molar-refractivity contribution in [3.8, 4) is 0 Å². The fourth-order valence-electron chi connectivity index (χ4n) is 2.14. The third kappa shape index (κ3) is 4.75. The Morgan fingerprint density at radius 1 is 1.24 bits per heavy atom. The number of ether oxygens (including phenoxy) is 1. The second-order valence-corrected chi connectivity index (χ2v) is 5.23. The Morgan fingerprint density at radius 3 is 2.67 bits per heavy atom. The van der Waals surface area contributed by atoms with Gasteiger partial charge in [-0.2, -0.15) is 0 Å². The molecule has 0 amide bonds. The molecular weight excluding hydrogens is 281 g/mol. The summed E-state index contributed by atoms with van der Waals surface area (Å²) in [4.78, 5) is 0. The van der Waals surface area contributed by atoms with Crippen LogP contribution < -0.4 is 5.32 Å². The second kappa shape index (κ2) is 6.49. The Hall–Kier alpha value is -1.53.